The molecule has 0 saturated carbocycles. The van der Waals surface area contributed by atoms with Crippen molar-refractivity contribution in [1.29, 1.82) is 0 Å². The summed E-state index contributed by atoms with van der Waals surface area (Å²) >= 11 is 6.04. The third-order valence-electron chi connectivity index (χ3n) is 4.63. The number of anilines is 1. The van der Waals surface area contributed by atoms with Gasteiger partial charge in [0, 0.05) is 11.4 Å². The number of benzene rings is 2. The van der Waals surface area contributed by atoms with Gasteiger partial charge in [-0.25, -0.2) is 0 Å². The number of rotatable bonds is 6. The lowest BCUT2D eigenvalue weighted by molar-refractivity contribution is -0.118. The highest BCUT2D eigenvalue weighted by Crippen LogP contribution is 2.46. The summed E-state index contributed by atoms with van der Waals surface area (Å²) < 4.78 is 5.41. The molecule has 1 aliphatic rings. The quantitative estimate of drug-likeness (QED) is 0.655. The maximum atomic E-state index is 12.9. The highest BCUT2D eigenvalue weighted by molar-refractivity contribution is 6.31. The van der Waals surface area contributed by atoms with Crippen molar-refractivity contribution in [3.8, 4) is 17.2 Å². The van der Waals surface area contributed by atoms with Crippen molar-refractivity contribution in [2.75, 3.05) is 11.5 Å². The maximum Gasteiger partial charge on any atom is 0.294 e. The smallest absolute Gasteiger partial charge is 0.294 e. The summed E-state index contributed by atoms with van der Waals surface area (Å²) in [5.41, 5.74) is 0.369. The van der Waals surface area contributed by atoms with Crippen LogP contribution in [0, 0.1) is 0 Å². The number of nitrogens with zero attached hydrogens (tertiary/aromatic N) is 1. The molecule has 0 radical (unpaired) electrons. The van der Waals surface area contributed by atoms with Gasteiger partial charge < -0.3 is 20.1 Å². The number of hydrogen-bond acceptors (Lipinski definition) is 6. The van der Waals surface area contributed by atoms with Crippen LogP contribution in [0.2, 0.25) is 5.02 Å². The van der Waals surface area contributed by atoms with E-state index in [1.54, 1.807) is 13.8 Å². The predicted molar refractivity (Wildman–Crippen MR) is 108 cm³/mol. The molecule has 8 heteroatoms. The number of ether oxygens (including phenoxy) is 1. The Labute approximate surface area is 172 Å². The van der Waals surface area contributed by atoms with Gasteiger partial charge in [-0.05, 0) is 42.8 Å². The van der Waals surface area contributed by atoms with Crippen molar-refractivity contribution in [2.24, 2.45) is 0 Å². The fourth-order valence-corrected chi connectivity index (χ4v) is 3.47. The monoisotopic (exact) mass is 417 g/mol. The topological polar surface area (TPSA) is 107 Å². The predicted octanol–water partition coefficient (Wildman–Crippen LogP) is 4.03. The Morgan fingerprint density at radius 2 is 1.79 bits per heavy atom. The molecule has 1 aliphatic heterocycles. The Morgan fingerprint density at radius 1 is 1.10 bits per heavy atom. The summed E-state index contributed by atoms with van der Waals surface area (Å²) in [5.74, 6) is -2.12. The number of carbonyl (C=O) groups is 2. The van der Waals surface area contributed by atoms with Crippen LogP contribution in [0.1, 0.15) is 31.9 Å². The number of ketones is 1. The van der Waals surface area contributed by atoms with Gasteiger partial charge in [-0.2, -0.15) is 0 Å². The first-order chi connectivity index (χ1) is 13.8. The van der Waals surface area contributed by atoms with Gasteiger partial charge in [0.2, 0.25) is 0 Å². The second kappa shape index (κ2) is 8.05. The molecule has 0 saturated heterocycles. The second-order valence-electron chi connectivity index (χ2n) is 6.41. The Bertz CT molecular complexity index is 1020. The van der Waals surface area contributed by atoms with Crippen LogP contribution in [-0.4, -0.2) is 33.6 Å². The SMILES string of the molecule is CCOc1cc(C2C(C(=O)CC)=C(O)C(=O)N2c2cc(Cl)ccc2O)ccc1O. The van der Waals surface area contributed by atoms with Crippen LogP contribution in [0.4, 0.5) is 5.69 Å². The van der Waals surface area contributed by atoms with Gasteiger partial charge >= 0.3 is 0 Å². The molecule has 152 valence electrons. The lowest BCUT2D eigenvalue weighted by Crippen LogP contribution is -2.31. The van der Waals surface area contributed by atoms with E-state index < -0.39 is 23.5 Å². The van der Waals surface area contributed by atoms with E-state index in [0.717, 1.165) is 4.90 Å². The molecule has 0 aliphatic carbocycles. The van der Waals surface area contributed by atoms with E-state index in [1.165, 1.54) is 36.4 Å². The van der Waals surface area contributed by atoms with Crippen molar-refractivity contribution in [2.45, 2.75) is 26.3 Å². The molecule has 2 aromatic rings. The zero-order chi connectivity index (χ0) is 21.3. The minimum Gasteiger partial charge on any atom is -0.506 e. The normalized spacial score (nSPS) is 16.4. The Morgan fingerprint density at radius 3 is 2.45 bits per heavy atom. The zero-order valence-electron chi connectivity index (χ0n) is 15.8. The molecular formula is C21H20ClNO6. The molecule has 3 N–H and O–H groups in total. The molecule has 29 heavy (non-hydrogen) atoms. The number of phenolic OH excluding ortho intramolecular Hbond substituents is 2. The lowest BCUT2D eigenvalue weighted by Gasteiger charge is -2.28. The molecule has 1 heterocycles. The van der Waals surface area contributed by atoms with E-state index in [2.05, 4.69) is 0 Å². The molecule has 2 aromatic carbocycles. The van der Waals surface area contributed by atoms with Crippen LogP contribution in [0.25, 0.3) is 0 Å². The number of hydrogen-bond donors (Lipinski definition) is 3. The first kappa shape index (κ1) is 20.5. The minimum atomic E-state index is -1.03. The van der Waals surface area contributed by atoms with Gasteiger partial charge in [0.25, 0.3) is 5.91 Å². The zero-order valence-corrected chi connectivity index (χ0v) is 16.6. The lowest BCUT2D eigenvalue weighted by atomic mass is 9.94. The van der Waals surface area contributed by atoms with Gasteiger partial charge in [-0.3, -0.25) is 14.5 Å². The van der Waals surface area contributed by atoms with Gasteiger partial charge in [0.15, 0.2) is 23.0 Å². The molecule has 1 amide bonds. The highest BCUT2D eigenvalue weighted by Gasteiger charge is 2.45. The van der Waals surface area contributed by atoms with Gasteiger partial charge in [-0.15, -0.1) is 0 Å². The van der Waals surface area contributed by atoms with E-state index in [0.29, 0.717) is 12.2 Å². The largest absolute Gasteiger partial charge is 0.506 e. The summed E-state index contributed by atoms with van der Waals surface area (Å²) in [6, 6.07) is 7.51. The average molecular weight is 418 g/mol. The van der Waals surface area contributed by atoms with E-state index in [9.17, 15) is 24.9 Å². The number of aliphatic hydroxyl groups excluding tert-OH is 1. The number of phenols is 2. The maximum absolute atomic E-state index is 12.9. The van der Waals surface area contributed by atoms with Crippen LogP contribution >= 0.6 is 11.6 Å². The van der Waals surface area contributed by atoms with Crippen LogP contribution in [-0.2, 0) is 9.59 Å². The summed E-state index contributed by atoms with van der Waals surface area (Å²) in [6.45, 7) is 3.66. The van der Waals surface area contributed by atoms with Crippen LogP contribution in [0.3, 0.4) is 0 Å². The molecule has 3 rings (SSSR count). The van der Waals surface area contributed by atoms with Crippen molar-refractivity contribution in [3.05, 3.63) is 58.3 Å². The molecular weight excluding hydrogens is 398 g/mol. The highest BCUT2D eigenvalue weighted by atomic mass is 35.5. The molecule has 0 aromatic heterocycles. The molecule has 0 fully saturated rings. The fourth-order valence-electron chi connectivity index (χ4n) is 3.31. The number of carbonyl (C=O) groups excluding carboxylic acids is 2. The summed E-state index contributed by atoms with van der Waals surface area (Å²) in [7, 11) is 0. The van der Waals surface area contributed by atoms with Crippen LogP contribution < -0.4 is 9.64 Å². The van der Waals surface area contributed by atoms with Gasteiger partial charge in [0.1, 0.15) is 5.75 Å². The molecule has 7 nitrogen and oxygen atoms in total. The van der Waals surface area contributed by atoms with E-state index in [1.807, 2.05) is 0 Å². The van der Waals surface area contributed by atoms with Crippen molar-refractivity contribution < 1.29 is 29.6 Å². The number of aliphatic hydroxyl groups is 1. The third-order valence-corrected chi connectivity index (χ3v) is 4.86. The average Bonchev–Trinajstić information content (AvgIpc) is 2.96. The summed E-state index contributed by atoms with van der Waals surface area (Å²) in [5, 5.41) is 31.1. The van der Waals surface area contributed by atoms with Gasteiger partial charge in [-0.1, -0.05) is 24.6 Å². The molecule has 1 atom stereocenters. The van der Waals surface area contributed by atoms with Gasteiger partial charge in [0.05, 0.1) is 23.9 Å². The minimum absolute atomic E-state index is 0.0454. The number of halogens is 1. The molecule has 0 bridgehead atoms. The summed E-state index contributed by atoms with van der Waals surface area (Å²) in [6.07, 6.45) is 0.0644. The standard InChI is InChI=1S/C21H20ClNO6/c1-3-14(24)18-19(11-5-7-16(26)17(9-11)29-4-2)23(21(28)20(18)27)13-10-12(22)6-8-15(13)25/h5-10,19,25-27H,3-4H2,1-2H3. The van der Waals surface area contributed by atoms with Crippen molar-refractivity contribution in [3.63, 3.8) is 0 Å². The van der Waals surface area contributed by atoms with Crippen LogP contribution in [0.5, 0.6) is 17.2 Å². The molecule has 0 spiro atoms. The first-order valence-electron chi connectivity index (χ1n) is 9.04. The Kier molecular flexibility index (Phi) is 5.70. The second-order valence-corrected chi connectivity index (χ2v) is 6.85. The fraction of sp³-hybridized carbons (Fsp3) is 0.238. The van der Waals surface area contributed by atoms with Crippen molar-refractivity contribution >= 4 is 29.0 Å². The number of amides is 1. The Hall–Kier alpha value is -3.19. The first-order valence-corrected chi connectivity index (χ1v) is 9.42. The number of aromatic hydroxyl groups is 2. The Balaban J connectivity index is 2.24. The van der Waals surface area contributed by atoms with Crippen LogP contribution in [0.15, 0.2) is 47.7 Å². The molecule has 1 unspecified atom stereocenters. The summed E-state index contributed by atoms with van der Waals surface area (Å²) in [4.78, 5) is 26.6. The van der Waals surface area contributed by atoms with E-state index >= 15 is 0 Å². The third kappa shape index (κ3) is 3.61. The van der Waals surface area contributed by atoms with Crippen molar-refractivity contribution in [1.82, 2.24) is 0 Å². The van der Waals surface area contributed by atoms with E-state index in [4.69, 9.17) is 16.3 Å². The van der Waals surface area contributed by atoms with E-state index in [-0.39, 0.29) is 40.0 Å². The number of Topliss-reactive ketones (excluding diaryl/α,β-unsaturated/α-hetero) is 1.